The average molecular weight is 265 g/mol. The number of carbonyl (C=O) groups excluding carboxylic acids is 2. The average Bonchev–Trinajstić information content (AvgIpc) is 2.26. The van der Waals surface area contributed by atoms with Crippen LogP contribution < -0.4 is 16.8 Å². The predicted molar refractivity (Wildman–Crippen MR) is 67.9 cm³/mol. The molecular weight excluding hydrogens is 244 g/mol. The quantitative estimate of drug-likeness (QED) is 0.655. The smallest absolute Gasteiger partial charge is 0.318 e. The van der Waals surface area contributed by atoms with Crippen LogP contribution >= 0.6 is 12.4 Å². The molecular formula is C10H21ClN4O2. The van der Waals surface area contributed by atoms with Crippen LogP contribution in [0.25, 0.3) is 0 Å². The molecule has 0 radical (unpaired) electrons. The van der Waals surface area contributed by atoms with E-state index in [0.717, 1.165) is 19.4 Å². The van der Waals surface area contributed by atoms with E-state index in [1.54, 1.807) is 0 Å². The van der Waals surface area contributed by atoms with Gasteiger partial charge in [-0.15, -0.1) is 12.4 Å². The number of nitrogens with one attached hydrogen (secondary N) is 1. The van der Waals surface area contributed by atoms with Crippen molar-refractivity contribution in [2.24, 2.45) is 11.5 Å². The van der Waals surface area contributed by atoms with Gasteiger partial charge in [0.1, 0.15) is 0 Å². The first-order valence-electron chi connectivity index (χ1n) is 5.67. The third kappa shape index (κ3) is 5.86. The van der Waals surface area contributed by atoms with Crippen LogP contribution in [0.15, 0.2) is 0 Å². The van der Waals surface area contributed by atoms with E-state index in [2.05, 4.69) is 10.2 Å². The van der Waals surface area contributed by atoms with Crippen LogP contribution in [0.3, 0.4) is 0 Å². The zero-order chi connectivity index (χ0) is 12.0. The molecule has 3 amide bonds. The maximum atomic E-state index is 11.2. The maximum Gasteiger partial charge on any atom is 0.318 e. The van der Waals surface area contributed by atoms with Crippen molar-refractivity contribution in [2.75, 3.05) is 19.6 Å². The van der Waals surface area contributed by atoms with E-state index in [-0.39, 0.29) is 18.3 Å². The molecule has 0 spiro atoms. The normalized spacial score (nSPS) is 20.4. The van der Waals surface area contributed by atoms with Crippen LogP contribution in [0.5, 0.6) is 0 Å². The largest absolute Gasteiger partial charge is 0.351 e. The highest BCUT2D eigenvalue weighted by Gasteiger charge is 2.21. The summed E-state index contributed by atoms with van der Waals surface area (Å²) in [5.74, 6) is -0.325. The second-order valence-electron chi connectivity index (χ2n) is 4.08. The lowest BCUT2D eigenvalue weighted by molar-refractivity contribution is -0.120. The van der Waals surface area contributed by atoms with E-state index in [1.807, 2.05) is 0 Å². The Labute approximate surface area is 107 Å². The molecule has 7 heteroatoms. The Morgan fingerprint density at radius 1 is 1.35 bits per heavy atom. The van der Waals surface area contributed by atoms with Crippen molar-refractivity contribution in [1.29, 1.82) is 0 Å². The molecule has 0 bridgehead atoms. The standard InChI is InChI=1S/C10H20N4O2.ClH/c11-7-8-3-1-2-5-14(8)6-4-9(15)13-10(12)16;/h8H,1-7,11H2,(H3,12,13,15,16);1H. The first kappa shape index (κ1) is 16.1. The highest BCUT2D eigenvalue weighted by atomic mass is 35.5. The maximum absolute atomic E-state index is 11.2. The molecule has 0 aromatic carbocycles. The zero-order valence-corrected chi connectivity index (χ0v) is 10.7. The Morgan fingerprint density at radius 2 is 2.06 bits per heavy atom. The molecule has 0 saturated carbocycles. The van der Waals surface area contributed by atoms with Gasteiger partial charge in [-0.2, -0.15) is 0 Å². The van der Waals surface area contributed by atoms with Crippen LogP contribution in [0, 0.1) is 0 Å². The number of carbonyl (C=O) groups is 2. The number of nitrogens with two attached hydrogens (primary N) is 2. The molecule has 1 atom stereocenters. The van der Waals surface area contributed by atoms with Gasteiger partial charge in [0.15, 0.2) is 0 Å². The molecule has 1 unspecified atom stereocenters. The number of hydrogen-bond donors (Lipinski definition) is 3. The summed E-state index contributed by atoms with van der Waals surface area (Å²) < 4.78 is 0. The van der Waals surface area contributed by atoms with Gasteiger partial charge in [0.2, 0.25) is 5.91 Å². The molecule has 5 N–H and O–H groups in total. The number of likely N-dealkylation sites (tertiary alicyclic amines) is 1. The molecule has 0 aromatic heterocycles. The Bertz CT molecular complexity index is 263. The van der Waals surface area contributed by atoms with Crippen LogP contribution in [-0.2, 0) is 4.79 Å². The van der Waals surface area contributed by atoms with Crippen molar-refractivity contribution in [3.05, 3.63) is 0 Å². The number of imide groups is 1. The minimum atomic E-state index is -0.793. The van der Waals surface area contributed by atoms with E-state index >= 15 is 0 Å². The second kappa shape index (κ2) is 8.27. The highest BCUT2D eigenvalue weighted by Crippen LogP contribution is 2.15. The minimum Gasteiger partial charge on any atom is -0.351 e. The van der Waals surface area contributed by atoms with Crippen molar-refractivity contribution in [2.45, 2.75) is 31.7 Å². The van der Waals surface area contributed by atoms with E-state index in [1.165, 1.54) is 6.42 Å². The van der Waals surface area contributed by atoms with Gasteiger partial charge in [0.05, 0.1) is 0 Å². The molecule has 1 aliphatic rings. The number of piperidine rings is 1. The van der Waals surface area contributed by atoms with Crippen molar-refractivity contribution in [3.63, 3.8) is 0 Å². The van der Waals surface area contributed by atoms with Gasteiger partial charge in [-0.1, -0.05) is 6.42 Å². The molecule has 1 rings (SSSR count). The van der Waals surface area contributed by atoms with Gasteiger partial charge < -0.3 is 11.5 Å². The summed E-state index contributed by atoms with van der Waals surface area (Å²) in [4.78, 5) is 23.9. The Kier molecular flexibility index (Phi) is 7.86. The fourth-order valence-electron chi connectivity index (χ4n) is 2.07. The first-order chi connectivity index (χ1) is 7.63. The predicted octanol–water partition coefficient (Wildman–Crippen LogP) is -0.194. The molecule has 1 aliphatic heterocycles. The topological polar surface area (TPSA) is 101 Å². The SMILES string of the molecule is Cl.NCC1CCCCN1CCC(=O)NC(N)=O. The van der Waals surface area contributed by atoms with Crippen molar-refractivity contribution in [3.8, 4) is 0 Å². The van der Waals surface area contributed by atoms with E-state index in [0.29, 0.717) is 25.6 Å². The van der Waals surface area contributed by atoms with Crippen molar-refractivity contribution >= 4 is 24.3 Å². The summed E-state index contributed by atoms with van der Waals surface area (Å²) in [6, 6.07) is -0.422. The first-order valence-corrected chi connectivity index (χ1v) is 5.67. The summed E-state index contributed by atoms with van der Waals surface area (Å²) >= 11 is 0. The van der Waals surface area contributed by atoms with Gasteiger partial charge in [-0.25, -0.2) is 4.79 Å². The van der Waals surface area contributed by atoms with Crippen molar-refractivity contribution < 1.29 is 9.59 Å². The molecule has 1 fully saturated rings. The van der Waals surface area contributed by atoms with Crippen LogP contribution in [0.1, 0.15) is 25.7 Å². The van der Waals surface area contributed by atoms with Gasteiger partial charge in [0, 0.05) is 25.6 Å². The Hall–Kier alpha value is -0.850. The fourth-order valence-corrected chi connectivity index (χ4v) is 2.07. The molecule has 1 heterocycles. The number of halogens is 1. The molecule has 1 saturated heterocycles. The molecule has 100 valence electrons. The molecule has 0 aromatic rings. The summed E-state index contributed by atoms with van der Waals surface area (Å²) in [7, 11) is 0. The third-order valence-corrected chi connectivity index (χ3v) is 2.91. The third-order valence-electron chi connectivity index (χ3n) is 2.91. The zero-order valence-electron chi connectivity index (χ0n) is 9.85. The summed E-state index contributed by atoms with van der Waals surface area (Å²) in [5.41, 5.74) is 10.5. The molecule has 17 heavy (non-hydrogen) atoms. The second-order valence-corrected chi connectivity index (χ2v) is 4.08. The van der Waals surface area contributed by atoms with Crippen LogP contribution in [-0.4, -0.2) is 42.5 Å². The Balaban J connectivity index is 0.00000256. The summed E-state index contributed by atoms with van der Waals surface area (Å²) in [5, 5.41) is 2.06. The van der Waals surface area contributed by atoms with Crippen molar-refractivity contribution in [1.82, 2.24) is 10.2 Å². The number of rotatable bonds is 4. The van der Waals surface area contributed by atoms with E-state index < -0.39 is 6.03 Å². The summed E-state index contributed by atoms with van der Waals surface area (Å²) in [6.45, 7) is 2.24. The highest BCUT2D eigenvalue weighted by molar-refractivity contribution is 5.93. The minimum absolute atomic E-state index is 0. The molecule has 6 nitrogen and oxygen atoms in total. The van der Waals surface area contributed by atoms with Gasteiger partial charge in [0.25, 0.3) is 0 Å². The number of nitrogens with zero attached hydrogens (tertiary/aromatic N) is 1. The van der Waals surface area contributed by atoms with Gasteiger partial charge in [-0.3, -0.25) is 15.0 Å². The Morgan fingerprint density at radius 3 is 2.65 bits per heavy atom. The van der Waals surface area contributed by atoms with Crippen LogP contribution in [0.4, 0.5) is 4.79 Å². The lowest BCUT2D eigenvalue weighted by Gasteiger charge is -2.34. The van der Waals surface area contributed by atoms with E-state index in [9.17, 15) is 9.59 Å². The number of urea groups is 1. The lowest BCUT2D eigenvalue weighted by Crippen LogP contribution is -2.46. The van der Waals surface area contributed by atoms with Gasteiger partial charge in [-0.05, 0) is 19.4 Å². The van der Waals surface area contributed by atoms with Gasteiger partial charge >= 0.3 is 6.03 Å². The van der Waals surface area contributed by atoms with Crippen LogP contribution in [0.2, 0.25) is 0 Å². The van der Waals surface area contributed by atoms with E-state index in [4.69, 9.17) is 11.5 Å². The molecule has 0 aliphatic carbocycles. The lowest BCUT2D eigenvalue weighted by atomic mass is 10.0. The monoisotopic (exact) mass is 264 g/mol. The summed E-state index contributed by atoms with van der Waals surface area (Å²) in [6.07, 6.45) is 3.73. The number of amides is 3. The fraction of sp³-hybridized carbons (Fsp3) is 0.800. The number of primary amides is 1. The number of hydrogen-bond acceptors (Lipinski definition) is 4.